The average molecular weight is 1440 g/mol. The molecule has 12 aliphatic heterocycles. The van der Waals surface area contributed by atoms with Gasteiger partial charge in [-0.15, -0.1) is 0 Å². The highest BCUT2D eigenvalue weighted by atomic mass is 15.4. The van der Waals surface area contributed by atoms with Crippen LogP contribution in [0.2, 0.25) is 0 Å². The predicted molar refractivity (Wildman–Crippen MR) is 461 cm³/mol. The molecular weight excluding hydrogens is 1240 g/mol. The maximum absolute atomic E-state index is 2.54. The van der Waals surface area contributed by atoms with Crippen LogP contribution in [0.1, 0.15) is 369 Å². The van der Waals surface area contributed by atoms with E-state index in [9.17, 15) is 0 Å². The highest BCUT2D eigenvalue weighted by molar-refractivity contribution is 4.80. The minimum Gasteiger partial charge on any atom is -0.358 e. The Bertz CT molecular complexity index is 2020. The molecule has 6 nitrogen and oxygen atoms in total. The molecule has 612 valence electrons. The first-order valence-electron chi connectivity index (χ1n) is 45.0. The van der Waals surface area contributed by atoms with Crippen molar-refractivity contribution in [2.45, 2.75) is 417 Å². The van der Waals surface area contributed by atoms with Crippen LogP contribution >= 0.6 is 0 Å². The summed E-state index contributed by atoms with van der Waals surface area (Å²) in [6.07, 6.45) is 56.0. The second-order valence-electron chi connectivity index (χ2n) is 39.8. The molecule has 12 rings (SSSR count). The van der Waals surface area contributed by atoms with Crippen molar-refractivity contribution < 1.29 is 26.9 Å². The Labute approximate surface area is 648 Å². The zero-order valence-corrected chi connectivity index (χ0v) is 75.3. The molecule has 18 unspecified atom stereocenters. The van der Waals surface area contributed by atoms with Gasteiger partial charge in [-0.25, -0.2) is 0 Å². The number of quaternary nitrogens is 6. The molecule has 12 aliphatic rings. The van der Waals surface area contributed by atoms with Gasteiger partial charge in [-0.3, -0.25) is 0 Å². The van der Waals surface area contributed by atoms with Gasteiger partial charge < -0.3 is 71.5 Å². The summed E-state index contributed by atoms with van der Waals surface area (Å²) < 4.78 is 8.78. The van der Waals surface area contributed by atoms with E-state index < -0.39 is 0 Å². The van der Waals surface area contributed by atoms with Crippen molar-refractivity contribution in [3.8, 4) is 0 Å². The first-order chi connectivity index (χ1) is 45.9. The number of nitrogens with zero attached hydrogens (tertiary/aromatic N) is 6. The van der Waals surface area contributed by atoms with Crippen LogP contribution in [-0.4, -0.2) is 180 Å². The summed E-state index contributed by atoms with van der Waals surface area (Å²) in [5.74, 6) is 9.44. The van der Waals surface area contributed by atoms with Crippen LogP contribution in [0.3, 0.4) is 0 Å². The standard InChI is InChI=1S/6C15H30N.6CH3/c1-13-9-8-10-14(2)16(15(13)3)11-6-4-5-7-12-16;1-13-8-9-14(2)15(3)16(12-13)10-6-4-5-7-11-16;1-13-8-9-14(2)16(15(3)12-13)10-6-4-5-7-11-16;1-13-8-11-16(15(3)12-14(13)2)9-6-4-5-7-10-16;1-13-8-11-16(15(3)14(2)12-13)9-6-4-5-7-10-16;1-13-10-14(2)12-16(15(3)11-13)8-6-4-5-7-9-16;;;;;;/h6*13-15H,4-12H2,1-3H3;6*1H3/q6*+1;6*-1. The third-order valence-electron chi connectivity index (χ3n) is 32.8. The summed E-state index contributed by atoms with van der Waals surface area (Å²) in [4.78, 5) is 0. The third kappa shape index (κ3) is 27.6. The zero-order chi connectivity index (χ0) is 69.6. The Balaban J connectivity index is 0.000000605. The molecule has 0 amide bonds. The molecule has 102 heavy (non-hydrogen) atoms. The van der Waals surface area contributed by atoms with Crippen molar-refractivity contribution in [1.29, 1.82) is 0 Å². The highest BCUT2D eigenvalue weighted by Crippen LogP contribution is 2.42. The van der Waals surface area contributed by atoms with Gasteiger partial charge in [0.05, 0.1) is 153 Å². The Morgan fingerprint density at radius 2 is 0.529 bits per heavy atom. The summed E-state index contributed by atoms with van der Waals surface area (Å²) in [5.41, 5.74) is 0. The zero-order valence-electron chi connectivity index (χ0n) is 75.3. The molecule has 0 aromatic carbocycles. The largest absolute Gasteiger partial charge is 0.358 e. The molecule has 12 saturated heterocycles. The van der Waals surface area contributed by atoms with Gasteiger partial charge >= 0.3 is 0 Å². The van der Waals surface area contributed by atoms with Gasteiger partial charge in [0.2, 0.25) is 0 Å². The van der Waals surface area contributed by atoms with Crippen molar-refractivity contribution >= 4 is 0 Å². The third-order valence-corrected chi connectivity index (χ3v) is 32.8. The van der Waals surface area contributed by atoms with E-state index >= 15 is 0 Å². The number of hydrogen-bond acceptors (Lipinski definition) is 0. The molecule has 6 heteroatoms. The van der Waals surface area contributed by atoms with Crippen LogP contribution in [-0.2, 0) is 0 Å². The molecule has 0 bridgehead atoms. The minimum absolute atomic E-state index is 0. The lowest BCUT2D eigenvalue weighted by molar-refractivity contribution is -0.971. The molecule has 18 atom stereocenters. The molecule has 0 aromatic rings. The maximum atomic E-state index is 2.54. The normalized spacial score (nSPS) is 37.9. The average Bonchev–Trinajstić information content (AvgIpc) is 1.57. The summed E-state index contributed by atoms with van der Waals surface area (Å²) in [5, 5.41) is 0. The topological polar surface area (TPSA) is 0 Å². The van der Waals surface area contributed by atoms with Gasteiger partial charge in [-0.2, -0.15) is 0 Å². The van der Waals surface area contributed by atoms with E-state index in [1.54, 1.807) is 0 Å². The van der Waals surface area contributed by atoms with Gasteiger partial charge in [-0.05, 0) is 310 Å². The van der Waals surface area contributed by atoms with Crippen LogP contribution in [0.25, 0.3) is 0 Å². The lowest BCUT2D eigenvalue weighted by Crippen LogP contribution is -2.60. The monoisotopic (exact) mass is 1440 g/mol. The summed E-state index contributed by atoms with van der Waals surface area (Å²) in [7, 11) is 0. The molecule has 6 spiro atoms. The molecule has 0 aliphatic carbocycles. The molecular formula is C96H198N6. The van der Waals surface area contributed by atoms with E-state index in [0.29, 0.717) is 0 Å². The van der Waals surface area contributed by atoms with Crippen LogP contribution in [0.15, 0.2) is 0 Å². The number of rotatable bonds is 0. The summed E-state index contributed by atoms with van der Waals surface area (Å²) in [6.45, 7) is 68.5. The smallest absolute Gasteiger partial charge is 0.0889 e. The van der Waals surface area contributed by atoms with E-state index in [0.717, 1.165) is 108 Å². The molecule has 12 heterocycles. The van der Waals surface area contributed by atoms with Crippen molar-refractivity contribution in [1.82, 2.24) is 0 Å². The van der Waals surface area contributed by atoms with Crippen LogP contribution in [0.5, 0.6) is 0 Å². The Morgan fingerprint density at radius 3 is 1.03 bits per heavy atom. The van der Waals surface area contributed by atoms with E-state index in [2.05, 4.69) is 125 Å². The van der Waals surface area contributed by atoms with E-state index in [1.807, 2.05) is 0 Å². The Kier molecular flexibility index (Phi) is 47.5. The van der Waals surface area contributed by atoms with Gasteiger partial charge in [0.25, 0.3) is 0 Å². The Morgan fingerprint density at radius 1 is 0.167 bits per heavy atom. The lowest BCUT2D eigenvalue weighted by atomic mass is 9.90. The summed E-state index contributed by atoms with van der Waals surface area (Å²) >= 11 is 0. The molecule has 0 aromatic heterocycles. The van der Waals surface area contributed by atoms with Gasteiger partial charge in [0.15, 0.2) is 0 Å². The van der Waals surface area contributed by atoms with Crippen molar-refractivity contribution in [2.75, 3.05) is 105 Å². The van der Waals surface area contributed by atoms with Crippen LogP contribution in [0, 0.1) is 104 Å². The predicted octanol–water partition coefficient (Wildman–Crippen LogP) is 26.0. The first kappa shape index (κ1) is 99.8. The second kappa shape index (κ2) is 48.5. The van der Waals surface area contributed by atoms with Gasteiger partial charge in [0.1, 0.15) is 0 Å². The van der Waals surface area contributed by atoms with Crippen LogP contribution in [0.4, 0.5) is 0 Å². The van der Waals surface area contributed by atoms with Crippen molar-refractivity contribution in [2.24, 2.45) is 59.2 Å². The van der Waals surface area contributed by atoms with Crippen molar-refractivity contribution in [3.05, 3.63) is 44.6 Å². The first-order valence-corrected chi connectivity index (χ1v) is 45.0. The SMILES string of the molecule is CC1CC(C)C[N+]2(CCCCCC2)C(C)C1.CC1CCC(C)C(C)[N+]2(CCCCCC2)C1.CC1CCC(C)[N+]2(CCCCCC2)C(C)C1.CC1CCCC(C)[N+]2(CCCCCC2)C1C.CC1CC[N+]2(CCCCCC2)C(C)C(C)C1.CC1CC[N+]2(CCCCCC2)C(C)CC1C.[CH3-].[CH3-].[CH3-].[CH3-].[CH3-].[CH3-]. The Hall–Kier alpha value is -0.240. The van der Waals surface area contributed by atoms with E-state index in [4.69, 9.17) is 0 Å². The van der Waals surface area contributed by atoms with Crippen molar-refractivity contribution in [3.63, 3.8) is 0 Å². The molecule has 0 radical (unpaired) electrons. The quantitative estimate of drug-likeness (QED) is 0.168. The molecule has 0 saturated carbocycles. The fraction of sp³-hybridized carbons (Fsp3) is 0.938. The number of hydrogen-bond donors (Lipinski definition) is 0. The minimum atomic E-state index is 0. The fourth-order valence-electron chi connectivity index (χ4n) is 25.1. The molecule has 0 N–H and O–H groups in total. The lowest BCUT2D eigenvalue weighted by Gasteiger charge is -2.48. The van der Waals surface area contributed by atoms with Gasteiger partial charge in [-0.1, -0.05) is 69.2 Å². The van der Waals surface area contributed by atoms with Crippen LogP contribution < -0.4 is 0 Å². The highest BCUT2D eigenvalue weighted by Gasteiger charge is 2.47. The molecule has 12 fully saturated rings. The van der Waals surface area contributed by atoms with E-state index in [1.165, 1.54) is 376 Å². The summed E-state index contributed by atoms with van der Waals surface area (Å²) in [6, 6.07) is 7.28. The fourth-order valence-corrected chi connectivity index (χ4v) is 25.1. The van der Waals surface area contributed by atoms with Gasteiger partial charge in [0, 0.05) is 48.9 Å². The van der Waals surface area contributed by atoms with E-state index in [-0.39, 0.29) is 44.6 Å². The maximum Gasteiger partial charge on any atom is 0.0889 e. The second-order valence-corrected chi connectivity index (χ2v) is 39.8.